The minimum absolute atomic E-state index is 0.140. The van der Waals surface area contributed by atoms with Crippen LogP contribution in [-0.4, -0.2) is 30.6 Å². The van der Waals surface area contributed by atoms with E-state index in [9.17, 15) is 14.4 Å². The van der Waals surface area contributed by atoms with Crippen LogP contribution in [0, 0.1) is 0 Å². The van der Waals surface area contributed by atoms with Crippen molar-refractivity contribution < 1.29 is 23.9 Å². The van der Waals surface area contributed by atoms with Crippen LogP contribution in [0.3, 0.4) is 0 Å². The van der Waals surface area contributed by atoms with Gasteiger partial charge in [-0.15, -0.1) is 0 Å². The lowest BCUT2D eigenvalue weighted by molar-refractivity contribution is -0.122. The zero-order valence-electron chi connectivity index (χ0n) is 13.6. The molecule has 3 amide bonds. The van der Waals surface area contributed by atoms with E-state index in [1.54, 1.807) is 42.5 Å². The largest absolute Gasteiger partial charge is 0.454 e. The van der Waals surface area contributed by atoms with Gasteiger partial charge in [-0.25, -0.2) is 0 Å². The number of nitrogens with one attached hydrogen (secondary N) is 3. The van der Waals surface area contributed by atoms with E-state index in [0.29, 0.717) is 28.4 Å². The maximum Gasteiger partial charge on any atom is 0.254 e. The molecule has 132 valence electrons. The molecule has 8 heteroatoms. The summed E-state index contributed by atoms with van der Waals surface area (Å²) in [6.45, 7) is 0.140. The number of para-hydroxylation sites is 1. The Balaban J connectivity index is 1.44. The summed E-state index contributed by atoms with van der Waals surface area (Å²) in [6, 6.07) is 10.7. The number of benzene rings is 2. The Labute approximate surface area is 148 Å². The molecule has 1 atom stereocenters. The molecule has 1 unspecified atom stereocenters. The minimum Gasteiger partial charge on any atom is -0.454 e. The number of hydrogen-bond donors (Lipinski definition) is 3. The number of hydrogen-bond acceptors (Lipinski definition) is 5. The van der Waals surface area contributed by atoms with E-state index in [2.05, 4.69) is 16.0 Å². The van der Waals surface area contributed by atoms with Gasteiger partial charge in [0.1, 0.15) is 6.04 Å². The van der Waals surface area contributed by atoms with Crippen LogP contribution in [0.2, 0.25) is 0 Å². The van der Waals surface area contributed by atoms with E-state index in [-0.39, 0.29) is 13.2 Å². The predicted molar refractivity (Wildman–Crippen MR) is 92.1 cm³/mol. The highest BCUT2D eigenvalue weighted by Gasteiger charge is 2.29. The third-order valence-electron chi connectivity index (χ3n) is 4.10. The molecule has 2 aliphatic heterocycles. The zero-order chi connectivity index (χ0) is 18.1. The lowest BCUT2D eigenvalue weighted by Gasteiger charge is -2.14. The maximum absolute atomic E-state index is 12.3. The molecule has 2 aromatic carbocycles. The molecule has 2 aromatic rings. The number of fused-ring (bicyclic) bond motifs is 2. The fraction of sp³-hybridized carbons (Fsp3) is 0.167. The summed E-state index contributed by atoms with van der Waals surface area (Å²) < 4.78 is 10.5. The Morgan fingerprint density at radius 1 is 1.12 bits per heavy atom. The maximum atomic E-state index is 12.3. The van der Waals surface area contributed by atoms with Crippen LogP contribution in [-0.2, 0) is 9.59 Å². The van der Waals surface area contributed by atoms with Gasteiger partial charge in [-0.3, -0.25) is 14.4 Å². The summed E-state index contributed by atoms with van der Waals surface area (Å²) in [6.07, 6.45) is -0.194. The summed E-state index contributed by atoms with van der Waals surface area (Å²) in [5.41, 5.74) is 1.30. The van der Waals surface area contributed by atoms with Crippen molar-refractivity contribution in [3.8, 4) is 11.5 Å². The molecule has 0 saturated carbocycles. The van der Waals surface area contributed by atoms with Gasteiger partial charge < -0.3 is 25.4 Å². The standard InChI is InChI=1S/C18H15N3O5/c22-16(19-10-5-6-14-15(7-10)26-9-25-14)8-13-18(24)20-12-4-2-1-3-11(12)17(23)21-13/h1-7,13H,8-9H2,(H,19,22)(H,20,24)(H,21,23). The lowest BCUT2D eigenvalue weighted by Crippen LogP contribution is -2.43. The van der Waals surface area contributed by atoms with E-state index < -0.39 is 23.8 Å². The monoisotopic (exact) mass is 353 g/mol. The Morgan fingerprint density at radius 3 is 2.81 bits per heavy atom. The predicted octanol–water partition coefficient (Wildman–Crippen LogP) is 1.49. The van der Waals surface area contributed by atoms with E-state index in [1.807, 2.05) is 0 Å². The molecule has 8 nitrogen and oxygen atoms in total. The molecule has 0 aliphatic carbocycles. The summed E-state index contributed by atoms with van der Waals surface area (Å²) in [5, 5.41) is 7.94. The van der Waals surface area contributed by atoms with Crippen LogP contribution in [0.5, 0.6) is 11.5 Å². The van der Waals surface area contributed by atoms with Crippen LogP contribution in [0.1, 0.15) is 16.8 Å². The molecule has 0 radical (unpaired) electrons. The molecule has 3 N–H and O–H groups in total. The molecule has 0 aromatic heterocycles. The number of rotatable bonds is 3. The summed E-state index contributed by atoms with van der Waals surface area (Å²) in [4.78, 5) is 36.9. The second kappa shape index (κ2) is 6.40. The van der Waals surface area contributed by atoms with Gasteiger partial charge in [0.25, 0.3) is 5.91 Å². The third-order valence-corrected chi connectivity index (χ3v) is 4.10. The lowest BCUT2D eigenvalue weighted by atomic mass is 10.1. The number of amides is 3. The normalized spacial score (nSPS) is 17.6. The molecule has 0 saturated heterocycles. The average molecular weight is 353 g/mol. The van der Waals surface area contributed by atoms with Crippen molar-refractivity contribution in [2.24, 2.45) is 0 Å². The summed E-state index contributed by atoms with van der Waals surface area (Å²) in [5.74, 6) is -0.103. The van der Waals surface area contributed by atoms with Gasteiger partial charge in [0.15, 0.2) is 11.5 Å². The first-order valence-corrected chi connectivity index (χ1v) is 8.00. The molecular formula is C18H15N3O5. The molecule has 2 heterocycles. The van der Waals surface area contributed by atoms with Gasteiger partial charge in [-0.05, 0) is 24.3 Å². The number of ether oxygens (including phenoxy) is 2. The number of carbonyl (C=O) groups excluding carboxylic acids is 3. The van der Waals surface area contributed by atoms with Crippen LogP contribution >= 0.6 is 0 Å². The second-order valence-corrected chi connectivity index (χ2v) is 5.88. The van der Waals surface area contributed by atoms with Crippen molar-refractivity contribution >= 4 is 29.1 Å². The molecular weight excluding hydrogens is 338 g/mol. The van der Waals surface area contributed by atoms with E-state index in [4.69, 9.17) is 9.47 Å². The first-order valence-electron chi connectivity index (χ1n) is 8.00. The highest BCUT2D eigenvalue weighted by Crippen LogP contribution is 2.34. The van der Waals surface area contributed by atoms with Gasteiger partial charge in [0, 0.05) is 11.8 Å². The van der Waals surface area contributed by atoms with E-state index >= 15 is 0 Å². The molecule has 0 bridgehead atoms. The third kappa shape index (κ3) is 3.04. The summed E-state index contributed by atoms with van der Waals surface area (Å²) >= 11 is 0. The second-order valence-electron chi connectivity index (χ2n) is 5.88. The van der Waals surface area contributed by atoms with Crippen molar-refractivity contribution in [3.63, 3.8) is 0 Å². The number of carbonyl (C=O) groups is 3. The smallest absolute Gasteiger partial charge is 0.254 e. The topological polar surface area (TPSA) is 106 Å². The zero-order valence-corrected chi connectivity index (χ0v) is 13.6. The highest BCUT2D eigenvalue weighted by molar-refractivity contribution is 6.11. The number of anilines is 2. The van der Waals surface area contributed by atoms with Crippen LogP contribution in [0.4, 0.5) is 11.4 Å². The Bertz CT molecular complexity index is 911. The fourth-order valence-corrected chi connectivity index (χ4v) is 2.83. The van der Waals surface area contributed by atoms with Crippen molar-refractivity contribution in [1.82, 2.24) is 5.32 Å². The Morgan fingerprint density at radius 2 is 1.92 bits per heavy atom. The van der Waals surface area contributed by atoms with Crippen LogP contribution in [0.25, 0.3) is 0 Å². The van der Waals surface area contributed by atoms with Crippen molar-refractivity contribution in [2.45, 2.75) is 12.5 Å². The molecule has 0 fully saturated rings. The molecule has 26 heavy (non-hydrogen) atoms. The first-order chi connectivity index (χ1) is 12.6. The SMILES string of the molecule is O=C(CC1NC(=O)c2ccccc2NC1=O)Nc1ccc2c(c1)OCO2. The van der Waals surface area contributed by atoms with Gasteiger partial charge >= 0.3 is 0 Å². The van der Waals surface area contributed by atoms with Gasteiger partial charge in [-0.1, -0.05) is 12.1 Å². The van der Waals surface area contributed by atoms with Gasteiger partial charge in [0.2, 0.25) is 18.6 Å². The highest BCUT2D eigenvalue weighted by atomic mass is 16.7. The van der Waals surface area contributed by atoms with Crippen molar-refractivity contribution in [3.05, 3.63) is 48.0 Å². The fourth-order valence-electron chi connectivity index (χ4n) is 2.83. The Hall–Kier alpha value is -3.55. The van der Waals surface area contributed by atoms with Crippen LogP contribution < -0.4 is 25.4 Å². The Kier molecular flexibility index (Phi) is 3.92. The molecule has 0 spiro atoms. The van der Waals surface area contributed by atoms with Crippen molar-refractivity contribution in [1.29, 1.82) is 0 Å². The minimum atomic E-state index is -0.969. The van der Waals surface area contributed by atoms with Gasteiger partial charge in [-0.2, -0.15) is 0 Å². The van der Waals surface area contributed by atoms with E-state index in [0.717, 1.165) is 0 Å². The first kappa shape index (κ1) is 15.9. The van der Waals surface area contributed by atoms with E-state index in [1.165, 1.54) is 0 Å². The summed E-state index contributed by atoms with van der Waals surface area (Å²) in [7, 11) is 0. The quantitative estimate of drug-likeness (QED) is 0.775. The molecule has 2 aliphatic rings. The van der Waals surface area contributed by atoms with Crippen LogP contribution in [0.15, 0.2) is 42.5 Å². The van der Waals surface area contributed by atoms with Crippen molar-refractivity contribution in [2.75, 3.05) is 17.4 Å². The molecule has 4 rings (SSSR count). The van der Waals surface area contributed by atoms with Gasteiger partial charge in [0.05, 0.1) is 17.7 Å². The average Bonchev–Trinajstić information content (AvgIpc) is 3.04.